The van der Waals surface area contributed by atoms with E-state index in [1.165, 1.54) is 0 Å². The molecule has 0 aromatic heterocycles. The van der Waals surface area contributed by atoms with Gasteiger partial charge in [0.1, 0.15) is 4.33 Å². The first-order valence-corrected chi connectivity index (χ1v) is 6.60. The third kappa shape index (κ3) is 3.49. The van der Waals surface area contributed by atoms with E-state index in [-0.39, 0.29) is 17.4 Å². The van der Waals surface area contributed by atoms with Crippen LogP contribution in [0.15, 0.2) is 0 Å². The summed E-state index contributed by atoms with van der Waals surface area (Å²) < 4.78 is -0.925. The molecule has 17 heavy (non-hydrogen) atoms. The van der Waals surface area contributed by atoms with E-state index in [1.54, 1.807) is 13.8 Å². The minimum atomic E-state index is -0.925. The van der Waals surface area contributed by atoms with Crippen molar-refractivity contribution in [2.24, 2.45) is 10.8 Å². The maximum Gasteiger partial charge on any atom is 0.229 e. The lowest BCUT2D eigenvalue weighted by molar-refractivity contribution is -0.126. The fraction of sp³-hybridized carbons (Fsp3) is 0.917. The fourth-order valence-corrected chi connectivity index (χ4v) is 2.74. The molecule has 100 valence electrons. The molecule has 0 radical (unpaired) electrons. The number of carbonyl (C=O) groups is 1. The maximum atomic E-state index is 11.9. The van der Waals surface area contributed by atoms with Gasteiger partial charge in [0.2, 0.25) is 5.91 Å². The van der Waals surface area contributed by atoms with Crippen molar-refractivity contribution in [3.8, 4) is 0 Å². The smallest absolute Gasteiger partial charge is 0.229 e. The summed E-state index contributed by atoms with van der Waals surface area (Å²) in [7, 11) is 0. The van der Waals surface area contributed by atoms with Gasteiger partial charge in [-0.25, -0.2) is 0 Å². The minimum Gasteiger partial charge on any atom is -0.393 e. The molecule has 1 saturated carbocycles. The van der Waals surface area contributed by atoms with Gasteiger partial charge in [-0.1, -0.05) is 13.8 Å². The lowest BCUT2D eigenvalue weighted by atomic mass is 9.87. The van der Waals surface area contributed by atoms with Crippen molar-refractivity contribution in [2.45, 2.75) is 51.0 Å². The number of aliphatic hydroxyl groups is 1. The van der Waals surface area contributed by atoms with Crippen LogP contribution < -0.4 is 5.32 Å². The Hall–Kier alpha value is 0.01000. The first kappa shape index (κ1) is 15.1. The Labute approximate surface area is 113 Å². The molecule has 0 aromatic rings. The van der Waals surface area contributed by atoms with E-state index in [4.69, 9.17) is 23.2 Å². The highest BCUT2D eigenvalue weighted by atomic mass is 35.5. The number of hydrogen-bond acceptors (Lipinski definition) is 2. The zero-order valence-electron chi connectivity index (χ0n) is 10.8. The van der Waals surface area contributed by atoms with E-state index in [0.717, 1.165) is 0 Å². The second kappa shape index (κ2) is 4.60. The van der Waals surface area contributed by atoms with Crippen molar-refractivity contribution >= 4 is 29.1 Å². The van der Waals surface area contributed by atoms with Crippen LogP contribution in [0.5, 0.6) is 0 Å². The molecule has 0 aromatic carbocycles. The van der Waals surface area contributed by atoms with Crippen LogP contribution in [0.4, 0.5) is 0 Å². The largest absolute Gasteiger partial charge is 0.393 e. The van der Waals surface area contributed by atoms with E-state index in [9.17, 15) is 9.90 Å². The van der Waals surface area contributed by atoms with Crippen molar-refractivity contribution in [1.82, 2.24) is 5.32 Å². The highest BCUT2D eigenvalue weighted by Gasteiger charge is 2.67. The summed E-state index contributed by atoms with van der Waals surface area (Å²) in [6.45, 7) is 8.03. The molecule has 2 N–H and O–H groups in total. The van der Waals surface area contributed by atoms with Crippen LogP contribution in [-0.4, -0.2) is 28.0 Å². The van der Waals surface area contributed by atoms with E-state index in [2.05, 4.69) is 5.32 Å². The van der Waals surface area contributed by atoms with E-state index >= 15 is 0 Å². The number of rotatable bonds is 5. The Balaban J connectivity index is 2.44. The highest BCUT2D eigenvalue weighted by Crippen LogP contribution is 2.63. The molecule has 3 nitrogen and oxygen atoms in total. The normalized spacial score (nSPS) is 28.6. The summed E-state index contributed by atoms with van der Waals surface area (Å²) in [4.78, 5) is 11.9. The average Bonchev–Trinajstić information content (AvgIpc) is 2.61. The van der Waals surface area contributed by atoms with Crippen molar-refractivity contribution in [3.63, 3.8) is 0 Å². The number of aliphatic hydroxyl groups excluding tert-OH is 1. The average molecular weight is 282 g/mol. The number of nitrogens with one attached hydrogen (secondary N) is 1. The maximum absolute atomic E-state index is 11.9. The lowest BCUT2D eigenvalue weighted by Crippen LogP contribution is -2.40. The molecule has 0 saturated heterocycles. The Bertz CT molecular complexity index is 316. The van der Waals surface area contributed by atoms with Gasteiger partial charge in [-0.3, -0.25) is 4.79 Å². The van der Waals surface area contributed by atoms with Gasteiger partial charge in [0, 0.05) is 6.54 Å². The van der Waals surface area contributed by atoms with Gasteiger partial charge in [0.05, 0.1) is 11.5 Å². The zero-order chi connectivity index (χ0) is 13.5. The monoisotopic (exact) mass is 281 g/mol. The number of amides is 1. The van der Waals surface area contributed by atoms with Crippen LogP contribution in [0.2, 0.25) is 0 Å². The molecule has 1 aliphatic rings. The second-order valence-electron chi connectivity index (χ2n) is 6.11. The third-order valence-corrected chi connectivity index (χ3v) is 4.44. The number of halogens is 2. The summed E-state index contributed by atoms with van der Waals surface area (Å²) in [6.07, 6.45) is 0.751. The molecular formula is C12H21Cl2NO2. The first-order valence-electron chi connectivity index (χ1n) is 5.84. The summed E-state index contributed by atoms with van der Waals surface area (Å²) >= 11 is 11.9. The summed E-state index contributed by atoms with van der Waals surface area (Å²) in [5.74, 6) is -0.110. The molecule has 5 heteroatoms. The molecule has 1 amide bonds. The van der Waals surface area contributed by atoms with Gasteiger partial charge in [0.25, 0.3) is 0 Å². The van der Waals surface area contributed by atoms with Crippen molar-refractivity contribution in [2.75, 3.05) is 6.54 Å². The van der Waals surface area contributed by atoms with Crippen molar-refractivity contribution < 1.29 is 9.90 Å². The van der Waals surface area contributed by atoms with Gasteiger partial charge in [-0.05, 0) is 32.1 Å². The Morgan fingerprint density at radius 2 is 2.00 bits per heavy atom. The van der Waals surface area contributed by atoms with Gasteiger partial charge in [-0.2, -0.15) is 0 Å². The first-order chi connectivity index (χ1) is 7.50. The Morgan fingerprint density at radius 1 is 1.53 bits per heavy atom. The summed E-state index contributed by atoms with van der Waals surface area (Å²) in [5.41, 5.74) is -0.812. The van der Waals surface area contributed by atoms with Crippen LogP contribution in [0.25, 0.3) is 0 Å². The summed E-state index contributed by atoms with van der Waals surface area (Å²) in [5, 5.41) is 12.2. The molecule has 0 heterocycles. The van der Waals surface area contributed by atoms with Crippen LogP contribution in [0.3, 0.4) is 0 Å². The Kier molecular flexibility index (Phi) is 4.08. The number of hydrogen-bond donors (Lipinski definition) is 2. The van der Waals surface area contributed by atoms with Crippen molar-refractivity contribution in [3.05, 3.63) is 0 Å². The molecule has 0 bridgehead atoms. The SMILES string of the molecule is CC(O)CC(C)(C)CNC(=O)C1(C)CC1(Cl)Cl. The predicted octanol–water partition coefficient (Wildman–Crippen LogP) is 2.48. The molecule has 0 spiro atoms. The quantitative estimate of drug-likeness (QED) is 0.761. The fourth-order valence-electron chi connectivity index (χ4n) is 2.03. The number of alkyl halides is 2. The van der Waals surface area contributed by atoms with Crippen LogP contribution in [-0.2, 0) is 4.79 Å². The van der Waals surface area contributed by atoms with Crippen molar-refractivity contribution in [1.29, 1.82) is 0 Å². The zero-order valence-corrected chi connectivity index (χ0v) is 12.3. The molecular weight excluding hydrogens is 261 g/mol. The second-order valence-corrected chi connectivity index (χ2v) is 7.60. The number of carbonyl (C=O) groups excluding carboxylic acids is 1. The molecule has 0 aliphatic heterocycles. The van der Waals surface area contributed by atoms with Crippen LogP contribution in [0.1, 0.15) is 40.5 Å². The predicted molar refractivity (Wildman–Crippen MR) is 70.2 cm³/mol. The van der Waals surface area contributed by atoms with E-state index in [0.29, 0.717) is 19.4 Å². The van der Waals surface area contributed by atoms with Gasteiger partial charge in [-0.15, -0.1) is 23.2 Å². The van der Waals surface area contributed by atoms with Gasteiger partial charge < -0.3 is 10.4 Å². The van der Waals surface area contributed by atoms with Gasteiger partial charge >= 0.3 is 0 Å². The minimum absolute atomic E-state index is 0.110. The standard InChI is InChI=1S/C12H21Cl2NO2/c1-8(16)5-10(2,3)7-15-9(17)11(4)6-12(11,13)14/h8,16H,5-7H2,1-4H3,(H,15,17). The Morgan fingerprint density at radius 3 is 2.35 bits per heavy atom. The van der Waals surface area contributed by atoms with Crippen LogP contribution >= 0.6 is 23.2 Å². The molecule has 2 atom stereocenters. The summed E-state index contributed by atoms with van der Waals surface area (Å²) in [6, 6.07) is 0. The molecule has 1 aliphatic carbocycles. The lowest BCUT2D eigenvalue weighted by Gasteiger charge is -2.27. The van der Waals surface area contributed by atoms with Crippen LogP contribution in [0, 0.1) is 10.8 Å². The third-order valence-electron chi connectivity index (χ3n) is 3.33. The van der Waals surface area contributed by atoms with Gasteiger partial charge in [0.15, 0.2) is 0 Å². The van der Waals surface area contributed by atoms with E-state index in [1.807, 2.05) is 13.8 Å². The molecule has 1 rings (SSSR count). The van der Waals surface area contributed by atoms with E-state index < -0.39 is 9.75 Å². The highest BCUT2D eigenvalue weighted by molar-refractivity contribution is 6.53. The molecule has 1 fully saturated rings. The molecule has 2 unspecified atom stereocenters. The topological polar surface area (TPSA) is 49.3 Å².